The lowest BCUT2D eigenvalue weighted by molar-refractivity contribution is -0.126. The quantitative estimate of drug-likeness (QED) is 0.586. The van der Waals surface area contributed by atoms with Crippen LogP contribution in [0.25, 0.3) is 11.1 Å². The van der Waals surface area contributed by atoms with Gasteiger partial charge < -0.3 is 9.30 Å². The molecule has 2 bridgehead atoms. The smallest absolute Gasteiger partial charge is 0.411 e. The molecule has 4 atom stereocenters. The number of hydrogen-bond donors (Lipinski definition) is 0. The van der Waals surface area contributed by atoms with Crippen molar-refractivity contribution in [2.45, 2.75) is 70.6 Å². The van der Waals surface area contributed by atoms with Crippen molar-refractivity contribution >= 4 is 11.9 Å². The Morgan fingerprint density at radius 1 is 1.19 bits per heavy atom. The summed E-state index contributed by atoms with van der Waals surface area (Å²) < 4.78 is 21.9. The average molecular weight is 494 g/mol. The Labute approximate surface area is 210 Å². The predicted octanol–water partition coefficient (Wildman–Crippen LogP) is 4.62. The van der Waals surface area contributed by atoms with Gasteiger partial charge >= 0.3 is 6.09 Å². The van der Waals surface area contributed by atoms with Crippen LogP contribution in [0, 0.1) is 29.0 Å². The Balaban J connectivity index is 1.47. The van der Waals surface area contributed by atoms with E-state index in [1.54, 1.807) is 57.1 Å². The first kappa shape index (κ1) is 25.6. The number of ether oxygens (including phenoxy) is 1. The van der Waals surface area contributed by atoms with Gasteiger partial charge in [0.15, 0.2) is 5.78 Å². The largest absolute Gasteiger partial charge is 0.444 e. The fourth-order valence-corrected chi connectivity index (χ4v) is 5.39. The van der Waals surface area contributed by atoms with Crippen molar-refractivity contribution in [1.82, 2.24) is 9.47 Å². The lowest BCUT2D eigenvalue weighted by Crippen LogP contribution is -2.51. The van der Waals surface area contributed by atoms with E-state index in [4.69, 9.17) is 4.74 Å². The summed E-state index contributed by atoms with van der Waals surface area (Å²) in [7, 11) is 1.64. The number of ketones is 1. The Morgan fingerprint density at radius 2 is 1.92 bits per heavy atom. The number of fused-ring (bicyclic) bond motifs is 2. The molecule has 190 valence electrons. The van der Waals surface area contributed by atoms with E-state index in [-0.39, 0.29) is 36.1 Å². The second-order valence-electron chi connectivity index (χ2n) is 10.9. The fraction of sp³-hybridized carbons (Fsp3) is 0.500. The number of carbonyl (C=O) groups excluding carboxylic acids is 2. The SMILES string of the molecule is Cn1ccc(-c2ccc(C[C@@H](C#N)CC(=O)[C@@H]3[C@H]4CC[C@H](C4)N3C(=O)OC(C)(C)C)c(F)c2)cc1=O. The third kappa shape index (κ3) is 5.35. The van der Waals surface area contributed by atoms with Gasteiger partial charge in [-0.2, -0.15) is 5.26 Å². The molecule has 0 N–H and O–H groups in total. The van der Waals surface area contributed by atoms with Crippen molar-refractivity contribution < 1.29 is 18.7 Å². The Morgan fingerprint density at radius 3 is 2.56 bits per heavy atom. The number of halogens is 1. The van der Waals surface area contributed by atoms with Gasteiger partial charge in [0.2, 0.25) is 0 Å². The van der Waals surface area contributed by atoms with Crippen molar-refractivity contribution in [3.8, 4) is 17.2 Å². The first-order chi connectivity index (χ1) is 17.0. The van der Waals surface area contributed by atoms with Crippen LogP contribution < -0.4 is 5.56 Å². The topological polar surface area (TPSA) is 92.4 Å². The molecule has 1 aromatic heterocycles. The van der Waals surface area contributed by atoms with Gasteiger partial charge in [-0.15, -0.1) is 0 Å². The predicted molar refractivity (Wildman–Crippen MR) is 132 cm³/mol. The molecule has 2 aliphatic rings. The van der Waals surface area contributed by atoms with Crippen molar-refractivity contribution in [1.29, 1.82) is 5.26 Å². The van der Waals surface area contributed by atoms with Crippen LogP contribution in [0.1, 0.15) is 52.0 Å². The fourth-order valence-electron chi connectivity index (χ4n) is 5.39. The molecular weight excluding hydrogens is 461 g/mol. The van der Waals surface area contributed by atoms with E-state index in [2.05, 4.69) is 6.07 Å². The normalized spacial score (nSPS) is 21.8. The molecule has 1 aliphatic carbocycles. The third-order valence-electron chi connectivity index (χ3n) is 7.11. The monoisotopic (exact) mass is 493 g/mol. The molecule has 1 saturated heterocycles. The van der Waals surface area contributed by atoms with Gasteiger partial charge in [-0.3, -0.25) is 14.5 Å². The number of hydrogen-bond acceptors (Lipinski definition) is 5. The van der Waals surface area contributed by atoms with Crippen molar-refractivity contribution in [3.05, 3.63) is 58.3 Å². The maximum atomic E-state index is 15.0. The molecule has 2 fully saturated rings. The number of nitriles is 1. The zero-order valence-electron chi connectivity index (χ0n) is 21.2. The van der Waals surface area contributed by atoms with Crippen molar-refractivity contribution in [3.63, 3.8) is 0 Å². The number of aromatic nitrogens is 1. The molecule has 0 radical (unpaired) electrons. The number of amides is 1. The molecule has 4 rings (SSSR count). The lowest BCUT2D eigenvalue weighted by atomic mass is 9.87. The summed E-state index contributed by atoms with van der Waals surface area (Å²) in [6.07, 6.45) is 3.65. The van der Waals surface area contributed by atoms with Gasteiger partial charge in [-0.05, 0) is 81.2 Å². The van der Waals surface area contributed by atoms with Gasteiger partial charge in [0.25, 0.3) is 5.56 Å². The van der Waals surface area contributed by atoms with E-state index in [1.165, 1.54) is 16.7 Å². The highest BCUT2D eigenvalue weighted by atomic mass is 19.1. The molecule has 1 amide bonds. The summed E-state index contributed by atoms with van der Waals surface area (Å²) >= 11 is 0. The number of Topliss-reactive ketones (excluding diaryl/α,β-unsaturated/α-hetero) is 1. The number of piperidine rings is 1. The van der Waals surface area contributed by atoms with Crippen LogP contribution in [0.5, 0.6) is 0 Å². The summed E-state index contributed by atoms with van der Waals surface area (Å²) in [4.78, 5) is 39.7. The van der Waals surface area contributed by atoms with Crippen LogP contribution >= 0.6 is 0 Å². The van der Waals surface area contributed by atoms with Crippen LogP contribution in [-0.2, 0) is 23.0 Å². The molecular formula is C28H32FN3O4. The Bertz CT molecular complexity index is 1270. The molecule has 0 spiro atoms. The summed E-state index contributed by atoms with van der Waals surface area (Å²) in [6, 6.07) is 9.38. The van der Waals surface area contributed by atoms with Crippen molar-refractivity contribution in [2.75, 3.05) is 0 Å². The number of carbonyl (C=O) groups is 2. The van der Waals surface area contributed by atoms with Gasteiger partial charge in [0.1, 0.15) is 11.4 Å². The number of rotatable bonds is 6. The number of likely N-dealkylation sites (tertiary alicyclic amines) is 1. The molecule has 7 nitrogen and oxygen atoms in total. The second-order valence-corrected chi connectivity index (χ2v) is 10.9. The van der Waals surface area contributed by atoms with Crippen LogP contribution in [-0.4, -0.2) is 39.0 Å². The molecule has 1 aromatic carbocycles. The molecule has 0 unspecified atom stereocenters. The number of pyridine rings is 1. The van der Waals surface area contributed by atoms with E-state index in [1.807, 2.05) is 0 Å². The van der Waals surface area contributed by atoms with E-state index in [0.717, 1.165) is 19.3 Å². The van der Waals surface area contributed by atoms with Gasteiger partial charge in [0.05, 0.1) is 18.0 Å². The zero-order chi connectivity index (χ0) is 26.2. The first-order valence-corrected chi connectivity index (χ1v) is 12.4. The van der Waals surface area contributed by atoms with Crippen molar-refractivity contribution in [2.24, 2.45) is 18.9 Å². The van der Waals surface area contributed by atoms with E-state index >= 15 is 0 Å². The van der Waals surface area contributed by atoms with Gasteiger partial charge in [0, 0.05) is 31.8 Å². The van der Waals surface area contributed by atoms with Crippen LogP contribution in [0.2, 0.25) is 0 Å². The molecule has 36 heavy (non-hydrogen) atoms. The number of nitrogens with zero attached hydrogens (tertiary/aromatic N) is 3. The molecule has 2 heterocycles. The van der Waals surface area contributed by atoms with Crippen LogP contribution in [0.3, 0.4) is 0 Å². The maximum absolute atomic E-state index is 15.0. The minimum atomic E-state index is -0.721. The lowest BCUT2D eigenvalue weighted by Gasteiger charge is -2.35. The summed E-state index contributed by atoms with van der Waals surface area (Å²) in [6.45, 7) is 5.37. The van der Waals surface area contributed by atoms with Crippen LogP contribution in [0.15, 0.2) is 41.3 Å². The summed E-state index contributed by atoms with van der Waals surface area (Å²) in [5.41, 5.74) is 0.639. The van der Waals surface area contributed by atoms with Gasteiger partial charge in [-0.25, -0.2) is 9.18 Å². The standard InChI is InChI=1S/C28H32FN3O4/c1-28(2,3)36-27(35)32-22-8-7-21(13-22)26(32)24(33)12-17(16-30)11-20-6-5-18(14-23(20)29)19-9-10-31(4)25(34)15-19/h5-6,9-10,14-15,17,21-22,26H,7-8,11-13H2,1-4H3/t17-,21+,22-,26+/m1/s1. The van der Waals surface area contributed by atoms with Gasteiger partial charge in [-0.1, -0.05) is 12.1 Å². The van der Waals surface area contributed by atoms with Crippen LogP contribution in [0.4, 0.5) is 9.18 Å². The van der Waals surface area contributed by atoms with E-state index in [0.29, 0.717) is 16.7 Å². The minimum Gasteiger partial charge on any atom is -0.444 e. The molecule has 1 saturated carbocycles. The van der Waals surface area contributed by atoms with E-state index in [9.17, 15) is 24.0 Å². The highest BCUT2D eigenvalue weighted by Crippen LogP contribution is 2.44. The first-order valence-electron chi connectivity index (χ1n) is 12.4. The summed E-state index contributed by atoms with van der Waals surface area (Å²) in [5.74, 6) is -1.31. The van der Waals surface area contributed by atoms with E-state index < -0.39 is 29.5 Å². The highest BCUT2D eigenvalue weighted by molar-refractivity contribution is 5.89. The molecule has 8 heteroatoms. The third-order valence-corrected chi connectivity index (χ3v) is 7.11. The molecule has 1 aliphatic heterocycles. The number of aryl methyl sites for hydroxylation is 1. The summed E-state index contributed by atoms with van der Waals surface area (Å²) in [5, 5.41) is 9.75. The Hall–Kier alpha value is -3.47. The number of benzene rings is 1. The minimum absolute atomic E-state index is 0.0147. The average Bonchev–Trinajstić information content (AvgIpc) is 3.42. The highest BCUT2D eigenvalue weighted by Gasteiger charge is 2.52. The molecule has 2 aromatic rings. The maximum Gasteiger partial charge on any atom is 0.411 e. The second kappa shape index (κ2) is 9.88. The Kier molecular flexibility index (Phi) is 7.03. The zero-order valence-corrected chi connectivity index (χ0v) is 21.2.